The van der Waals surface area contributed by atoms with E-state index in [1.54, 1.807) is 0 Å². The molecule has 1 heterocycles. The Morgan fingerprint density at radius 2 is 1.83 bits per heavy atom. The van der Waals surface area contributed by atoms with Gasteiger partial charge in [-0.25, -0.2) is 0 Å². The summed E-state index contributed by atoms with van der Waals surface area (Å²) in [5.74, 6) is 0.700. The van der Waals surface area contributed by atoms with Gasteiger partial charge in [-0.2, -0.15) is 0 Å². The molecule has 18 heavy (non-hydrogen) atoms. The summed E-state index contributed by atoms with van der Waals surface area (Å²) >= 11 is 0. The van der Waals surface area contributed by atoms with Gasteiger partial charge in [-0.3, -0.25) is 0 Å². The molecule has 0 aromatic heterocycles. The number of nitrogens with one attached hydrogen (secondary N) is 1. The zero-order valence-electron chi connectivity index (χ0n) is 11.2. The van der Waals surface area contributed by atoms with E-state index in [0.29, 0.717) is 5.92 Å². The van der Waals surface area contributed by atoms with Crippen molar-refractivity contribution in [3.63, 3.8) is 0 Å². The lowest BCUT2D eigenvalue weighted by molar-refractivity contribution is 0.275. The molecule has 1 heteroatoms. The molecule has 1 atom stereocenters. The van der Waals surface area contributed by atoms with Gasteiger partial charge in [0, 0.05) is 5.54 Å². The van der Waals surface area contributed by atoms with Crippen LogP contribution in [0.5, 0.6) is 0 Å². The number of fused-ring (bicyclic) bond motifs is 1. The van der Waals surface area contributed by atoms with Crippen molar-refractivity contribution in [2.75, 3.05) is 6.54 Å². The topological polar surface area (TPSA) is 12.0 Å². The largest absolute Gasteiger partial charge is 0.312 e. The highest BCUT2D eigenvalue weighted by Gasteiger charge is 2.28. The fourth-order valence-corrected chi connectivity index (χ4v) is 3.12. The van der Waals surface area contributed by atoms with E-state index >= 15 is 0 Å². The highest BCUT2D eigenvalue weighted by molar-refractivity contribution is 5.83. The first kappa shape index (κ1) is 11.7. The number of piperidine rings is 1. The van der Waals surface area contributed by atoms with Crippen LogP contribution in [-0.2, 0) is 0 Å². The molecule has 2 aromatic carbocycles. The van der Waals surface area contributed by atoms with Crippen LogP contribution < -0.4 is 5.32 Å². The number of hydrogen-bond donors (Lipinski definition) is 1. The van der Waals surface area contributed by atoms with E-state index in [1.165, 1.54) is 29.2 Å². The van der Waals surface area contributed by atoms with Gasteiger partial charge in [0.25, 0.3) is 0 Å². The summed E-state index contributed by atoms with van der Waals surface area (Å²) in [6.45, 7) is 5.74. The van der Waals surface area contributed by atoms with Gasteiger partial charge in [0.1, 0.15) is 0 Å². The molecule has 0 aliphatic carbocycles. The van der Waals surface area contributed by atoms with Crippen LogP contribution in [0.1, 0.15) is 38.2 Å². The first-order chi connectivity index (χ1) is 8.64. The smallest absolute Gasteiger partial charge is 0.0131 e. The average Bonchev–Trinajstić information content (AvgIpc) is 2.37. The molecule has 1 fully saturated rings. The molecular formula is C17H21N. The van der Waals surface area contributed by atoms with E-state index in [4.69, 9.17) is 0 Å². The first-order valence-electron chi connectivity index (χ1n) is 6.88. The van der Waals surface area contributed by atoms with Crippen LogP contribution in [0.25, 0.3) is 10.8 Å². The van der Waals surface area contributed by atoms with Crippen molar-refractivity contribution in [3.05, 3.63) is 48.0 Å². The molecule has 1 nitrogen and oxygen atoms in total. The SMILES string of the molecule is CC1(C)CC(c2ccc3ccccc3c2)CCN1. The molecule has 0 radical (unpaired) electrons. The molecule has 0 saturated carbocycles. The molecule has 1 N–H and O–H groups in total. The molecule has 1 aliphatic rings. The molecule has 1 unspecified atom stereocenters. The zero-order valence-corrected chi connectivity index (χ0v) is 11.2. The molecule has 0 spiro atoms. The summed E-state index contributed by atoms with van der Waals surface area (Å²) in [6.07, 6.45) is 2.48. The summed E-state index contributed by atoms with van der Waals surface area (Å²) < 4.78 is 0. The van der Waals surface area contributed by atoms with Crippen molar-refractivity contribution >= 4 is 10.8 Å². The molecule has 94 valence electrons. The van der Waals surface area contributed by atoms with Gasteiger partial charge in [0.15, 0.2) is 0 Å². The van der Waals surface area contributed by atoms with Gasteiger partial charge >= 0.3 is 0 Å². The quantitative estimate of drug-likeness (QED) is 0.790. The van der Waals surface area contributed by atoms with E-state index in [2.05, 4.69) is 61.6 Å². The van der Waals surface area contributed by atoms with E-state index < -0.39 is 0 Å². The van der Waals surface area contributed by atoms with Gasteiger partial charge in [-0.1, -0.05) is 42.5 Å². The fourth-order valence-electron chi connectivity index (χ4n) is 3.12. The Labute approximate surface area is 109 Å². The van der Waals surface area contributed by atoms with Crippen molar-refractivity contribution in [3.8, 4) is 0 Å². The van der Waals surface area contributed by atoms with Crippen LogP contribution in [0.4, 0.5) is 0 Å². The minimum Gasteiger partial charge on any atom is -0.312 e. The second-order valence-electron chi connectivity index (χ2n) is 6.11. The maximum Gasteiger partial charge on any atom is 0.0131 e. The number of benzene rings is 2. The highest BCUT2D eigenvalue weighted by atomic mass is 15.0. The van der Waals surface area contributed by atoms with E-state index in [9.17, 15) is 0 Å². The molecule has 3 rings (SSSR count). The van der Waals surface area contributed by atoms with E-state index in [-0.39, 0.29) is 5.54 Å². The van der Waals surface area contributed by atoms with Crippen LogP contribution in [0, 0.1) is 0 Å². The summed E-state index contributed by atoms with van der Waals surface area (Å²) in [5, 5.41) is 6.30. The van der Waals surface area contributed by atoms with Crippen LogP contribution >= 0.6 is 0 Å². The lowest BCUT2D eigenvalue weighted by Crippen LogP contribution is -2.45. The Kier molecular flexibility index (Phi) is 2.87. The van der Waals surface area contributed by atoms with E-state index in [0.717, 1.165) is 6.54 Å². The molecule has 0 bridgehead atoms. The normalized spacial score (nSPS) is 23.1. The number of rotatable bonds is 1. The van der Waals surface area contributed by atoms with Crippen LogP contribution in [0.3, 0.4) is 0 Å². The predicted octanol–water partition coefficient (Wildman–Crippen LogP) is 4.09. The van der Waals surface area contributed by atoms with Gasteiger partial charge in [-0.15, -0.1) is 0 Å². The maximum absolute atomic E-state index is 3.60. The van der Waals surface area contributed by atoms with Gasteiger partial charge in [0.2, 0.25) is 0 Å². The van der Waals surface area contributed by atoms with Crippen LogP contribution in [0.15, 0.2) is 42.5 Å². The van der Waals surface area contributed by atoms with Crippen molar-refractivity contribution in [1.29, 1.82) is 0 Å². The Hall–Kier alpha value is -1.34. The molecular weight excluding hydrogens is 218 g/mol. The Morgan fingerprint density at radius 1 is 1.06 bits per heavy atom. The Balaban J connectivity index is 1.94. The summed E-state index contributed by atoms with van der Waals surface area (Å²) in [6, 6.07) is 15.6. The Morgan fingerprint density at radius 3 is 2.61 bits per heavy atom. The molecule has 1 saturated heterocycles. The lowest BCUT2D eigenvalue weighted by Gasteiger charge is -2.36. The van der Waals surface area contributed by atoms with Crippen molar-refractivity contribution in [2.24, 2.45) is 0 Å². The summed E-state index contributed by atoms with van der Waals surface area (Å²) in [5.41, 5.74) is 1.78. The molecule has 2 aromatic rings. The third-order valence-corrected chi connectivity index (χ3v) is 4.10. The monoisotopic (exact) mass is 239 g/mol. The van der Waals surface area contributed by atoms with Gasteiger partial charge in [0.05, 0.1) is 0 Å². The second kappa shape index (κ2) is 4.40. The van der Waals surface area contributed by atoms with Crippen LogP contribution in [-0.4, -0.2) is 12.1 Å². The van der Waals surface area contributed by atoms with Gasteiger partial charge in [-0.05, 0) is 55.5 Å². The number of hydrogen-bond acceptors (Lipinski definition) is 1. The van der Waals surface area contributed by atoms with Crippen LogP contribution in [0.2, 0.25) is 0 Å². The zero-order chi connectivity index (χ0) is 12.6. The van der Waals surface area contributed by atoms with Gasteiger partial charge < -0.3 is 5.32 Å². The molecule has 0 amide bonds. The predicted molar refractivity (Wildman–Crippen MR) is 78.0 cm³/mol. The minimum absolute atomic E-state index is 0.272. The standard InChI is InChI=1S/C17H21N/c1-17(2)12-16(9-10-18-17)15-8-7-13-5-3-4-6-14(13)11-15/h3-8,11,16,18H,9-10,12H2,1-2H3. The summed E-state index contributed by atoms with van der Waals surface area (Å²) in [7, 11) is 0. The maximum atomic E-state index is 3.60. The minimum atomic E-state index is 0.272. The lowest BCUT2D eigenvalue weighted by atomic mass is 9.80. The second-order valence-corrected chi connectivity index (χ2v) is 6.11. The molecule has 1 aliphatic heterocycles. The summed E-state index contributed by atoms with van der Waals surface area (Å²) in [4.78, 5) is 0. The average molecular weight is 239 g/mol. The highest BCUT2D eigenvalue weighted by Crippen LogP contribution is 2.33. The van der Waals surface area contributed by atoms with E-state index in [1.807, 2.05) is 0 Å². The first-order valence-corrected chi connectivity index (χ1v) is 6.88. The third kappa shape index (κ3) is 2.28. The van der Waals surface area contributed by atoms with Crippen molar-refractivity contribution in [2.45, 2.75) is 38.1 Å². The third-order valence-electron chi connectivity index (χ3n) is 4.10. The fraction of sp³-hybridized carbons (Fsp3) is 0.412. The Bertz CT molecular complexity index is 556. The van der Waals surface area contributed by atoms with Crippen molar-refractivity contribution < 1.29 is 0 Å². The van der Waals surface area contributed by atoms with Crippen molar-refractivity contribution in [1.82, 2.24) is 5.32 Å².